The number of nitrogen functional groups attached to an aromatic ring is 1. The van der Waals surface area contributed by atoms with E-state index in [2.05, 4.69) is 59.9 Å². The largest absolute Gasteiger partial charge is 0 e. The van der Waals surface area contributed by atoms with Gasteiger partial charge in [-0.25, -0.2) is 4.79 Å². The maximum atomic E-state index is 10.3. The summed E-state index contributed by atoms with van der Waals surface area (Å²) in [6.45, 7) is 4.00. The number of hydrogen-bond donors (Lipinski definition) is 2. The van der Waals surface area contributed by atoms with Crippen molar-refractivity contribution in [2.24, 2.45) is 0 Å². The van der Waals surface area contributed by atoms with Crippen LogP contribution in [0, 0.1) is 7.43 Å². The summed E-state index contributed by atoms with van der Waals surface area (Å²) < 4.78 is 0. The summed E-state index contributed by atoms with van der Waals surface area (Å²) >= 11 is 7.39. The Hall–Kier alpha value is 2.37. The monoisotopic (exact) mass is 703 g/mol. The van der Waals surface area contributed by atoms with Gasteiger partial charge in [0.2, 0.25) is 0 Å². The van der Waals surface area contributed by atoms with Crippen LogP contribution in [0.15, 0.2) is 24.3 Å². The molecule has 1 aromatic carbocycles. The molecule has 0 fully saturated rings. The number of benzene rings is 1. The van der Waals surface area contributed by atoms with Gasteiger partial charge in [0.05, 0.1) is 5.56 Å². The number of carboxylic acids is 1. The molecule has 1 radical (unpaired) electrons. The normalized spacial score (nSPS) is 7.44. The van der Waals surface area contributed by atoms with Gasteiger partial charge in [-0.2, -0.15) is 0 Å². The molecule has 0 unspecified atom stereocenters. The molecule has 0 spiro atoms. The standard InChI is InChI=1S/C7H7NO2.C2H6.CH3.3HI.V.Y/c8-6-4-2-1-3-5(6)7(9)10;1-2;;;;;;/h1-4H,8H2,(H,9,10);1-2H3;1H3;3*1H;;/q;;-1;;;;+3;/p-3. The molecule has 0 saturated heterocycles. The Kier molecular flexibility index (Phi) is 30.7. The van der Waals surface area contributed by atoms with Crippen LogP contribution in [-0.4, -0.2) is 11.1 Å². The van der Waals surface area contributed by atoms with Gasteiger partial charge in [0.15, 0.2) is 0 Å². The van der Waals surface area contributed by atoms with Gasteiger partial charge in [0.1, 0.15) is 0 Å². The maximum absolute atomic E-state index is 10.3. The predicted octanol–water partition coefficient (Wildman–Crippen LogP) is 5.10. The SMILES string of the molecule is CC.Nc1ccccc1C(=O)O.[CH3-].[I][V]([I])[I].[Y]. The second-order valence-electron chi connectivity index (χ2n) is 2.08. The molecule has 0 aliphatic heterocycles. The molecule has 8 heteroatoms. The molecular weight excluding hydrogens is 687 g/mol. The average Bonchev–Trinajstić information content (AvgIpc) is 2.20. The summed E-state index contributed by atoms with van der Waals surface area (Å²) in [4.78, 5) is 10.1. The molecule has 103 valence electrons. The zero-order valence-corrected chi connectivity index (χ0v) is 21.1. The zero-order chi connectivity index (χ0) is 13.1. The van der Waals surface area contributed by atoms with E-state index in [0.29, 0.717) is 5.69 Å². The van der Waals surface area contributed by atoms with Crippen LogP contribution in [-0.2, 0) is 37.6 Å². The van der Waals surface area contributed by atoms with Crippen LogP contribution in [0.4, 0.5) is 5.69 Å². The van der Waals surface area contributed by atoms with Gasteiger partial charge in [-0.15, -0.1) is 0 Å². The fourth-order valence-electron chi connectivity index (χ4n) is 0.692. The Morgan fingerprint density at radius 1 is 1.22 bits per heavy atom. The van der Waals surface area contributed by atoms with Crippen molar-refractivity contribution in [1.29, 1.82) is 0 Å². The number of anilines is 1. The molecule has 3 N–H and O–H groups in total. The smallest absolute Gasteiger partial charge is 0 e. The molecule has 0 aliphatic rings. The molecule has 0 heterocycles. The number of para-hydroxylation sites is 1. The first-order chi connectivity index (χ1) is 7.45. The van der Waals surface area contributed by atoms with Crippen molar-refractivity contribution in [1.82, 2.24) is 0 Å². The Labute approximate surface area is 172 Å². The molecule has 0 bridgehead atoms. The molecule has 0 saturated carbocycles. The van der Waals surface area contributed by atoms with Crippen LogP contribution in [0.1, 0.15) is 24.2 Å². The number of rotatable bonds is 1. The second kappa shape index (κ2) is 19.4. The molecular formula is C10H16I3NO2VY-. The second-order valence-corrected chi connectivity index (χ2v) is 37.5. The van der Waals surface area contributed by atoms with Crippen molar-refractivity contribution in [3.63, 3.8) is 0 Å². The van der Waals surface area contributed by atoms with E-state index in [0.717, 1.165) is 0 Å². The van der Waals surface area contributed by atoms with E-state index in [9.17, 15) is 4.79 Å². The number of hydrogen-bond acceptors (Lipinski definition) is 2. The van der Waals surface area contributed by atoms with Crippen LogP contribution < -0.4 is 5.73 Å². The van der Waals surface area contributed by atoms with Gasteiger partial charge in [0, 0.05) is 38.4 Å². The quantitative estimate of drug-likeness (QED) is 0.244. The van der Waals surface area contributed by atoms with Crippen molar-refractivity contribution in [3.05, 3.63) is 37.3 Å². The summed E-state index contributed by atoms with van der Waals surface area (Å²) in [5, 5.41) is 8.49. The van der Waals surface area contributed by atoms with Gasteiger partial charge in [-0.1, -0.05) is 26.0 Å². The topological polar surface area (TPSA) is 63.3 Å². The first-order valence-corrected chi connectivity index (χ1v) is 17.8. The fourth-order valence-corrected chi connectivity index (χ4v) is 0.692. The molecule has 3 nitrogen and oxygen atoms in total. The van der Waals surface area contributed by atoms with Crippen molar-refractivity contribution >= 4 is 71.6 Å². The van der Waals surface area contributed by atoms with Gasteiger partial charge in [-0.05, 0) is 12.1 Å². The van der Waals surface area contributed by atoms with E-state index in [1.807, 2.05) is 13.8 Å². The van der Waals surface area contributed by atoms with Crippen molar-refractivity contribution in [3.8, 4) is 0 Å². The van der Waals surface area contributed by atoms with Gasteiger partial charge in [-0.3, -0.25) is 0 Å². The van der Waals surface area contributed by atoms with Gasteiger partial charge < -0.3 is 18.3 Å². The van der Waals surface area contributed by atoms with Crippen LogP contribution >= 0.6 is 59.9 Å². The van der Waals surface area contributed by atoms with Crippen molar-refractivity contribution in [2.75, 3.05) is 5.73 Å². The first-order valence-electron chi connectivity index (χ1n) is 4.30. The summed E-state index contributed by atoms with van der Waals surface area (Å²) in [5.74, 6) is -0.988. The predicted molar refractivity (Wildman–Crippen MR) is 97.6 cm³/mol. The summed E-state index contributed by atoms with van der Waals surface area (Å²) in [7, 11) is 0. The molecule has 1 aromatic rings. The van der Waals surface area contributed by atoms with Crippen LogP contribution in [0.3, 0.4) is 0 Å². The van der Waals surface area contributed by atoms with E-state index in [1.54, 1.807) is 18.2 Å². The molecule has 0 aromatic heterocycles. The molecule has 1 rings (SSSR count). The van der Waals surface area contributed by atoms with Gasteiger partial charge >= 0.3 is 70.8 Å². The minimum Gasteiger partial charge on any atom is 0 e. The minimum atomic E-state index is -0.988. The molecule has 0 atom stereocenters. The van der Waals surface area contributed by atoms with Crippen molar-refractivity contribution in [2.45, 2.75) is 13.8 Å². The average molecular weight is 703 g/mol. The molecule has 0 aliphatic carbocycles. The molecule has 18 heavy (non-hydrogen) atoms. The zero-order valence-electron chi connectivity index (χ0n) is 10.4. The maximum Gasteiger partial charge on any atom is 0 e. The number of carbonyl (C=O) groups is 1. The Morgan fingerprint density at radius 2 is 1.56 bits per heavy atom. The van der Waals surface area contributed by atoms with Crippen molar-refractivity contribution < 1.29 is 47.5 Å². The Morgan fingerprint density at radius 3 is 1.78 bits per heavy atom. The number of nitrogens with two attached hydrogens (primary N) is 1. The third kappa shape index (κ3) is 18.4. The van der Waals surface area contributed by atoms with E-state index < -0.39 is 5.97 Å². The molecule has 0 amide bonds. The Balaban J connectivity index is -0.000000107. The van der Waals surface area contributed by atoms with E-state index in [-0.39, 0.29) is 50.6 Å². The summed E-state index contributed by atoms with van der Waals surface area (Å²) in [5.41, 5.74) is 5.80. The summed E-state index contributed by atoms with van der Waals surface area (Å²) in [6, 6.07) is 6.36. The van der Waals surface area contributed by atoms with E-state index in [1.165, 1.54) is 6.07 Å². The number of carboxylic acid groups (broad SMARTS) is 1. The van der Waals surface area contributed by atoms with E-state index in [4.69, 9.17) is 10.8 Å². The third-order valence-electron chi connectivity index (χ3n) is 1.19. The van der Waals surface area contributed by atoms with Crippen LogP contribution in [0.2, 0.25) is 0 Å². The fraction of sp³-hybridized carbons (Fsp3) is 0.200. The van der Waals surface area contributed by atoms with Crippen LogP contribution in [0.25, 0.3) is 0 Å². The summed E-state index contributed by atoms with van der Waals surface area (Å²) in [6.07, 6.45) is 0. The minimum absolute atomic E-state index is 0. The Bertz CT molecular complexity index is 314. The first kappa shape index (κ1) is 28.5. The van der Waals surface area contributed by atoms with Gasteiger partial charge in [0.25, 0.3) is 0 Å². The van der Waals surface area contributed by atoms with E-state index >= 15 is 0 Å². The number of halogens is 3. The van der Waals surface area contributed by atoms with Crippen LogP contribution in [0.5, 0.6) is 0 Å². The number of aromatic carboxylic acids is 1. The third-order valence-corrected chi connectivity index (χ3v) is 1.19.